The maximum absolute atomic E-state index is 14.0. The maximum atomic E-state index is 14.0. The molecule has 0 saturated carbocycles. The summed E-state index contributed by atoms with van der Waals surface area (Å²) < 4.78 is 14.0. The van der Waals surface area contributed by atoms with Crippen LogP contribution in [-0.4, -0.2) is 5.84 Å². The normalized spacial score (nSPS) is 14.0. The van der Waals surface area contributed by atoms with Crippen LogP contribution in [0.4, 0.5) is 4.39 Å². The monoisotopic (exact) mass is 312 g/mol. The predicted molar refractivity (Wildman–Crippen MR) is 91.4 cm³/mol. The molecule has 0 spiro atoms. The van der Waals surface area contributed by atoms with E-state index in [-0.39, 0.29) is 5.82 Å². The van der Waals surface area contributed by atoms with Crippen LogP contribution in [0.25, 0.3) is 11.1 Å². The number of halogens is 1. The minimum absolute atomic E-state index is 0.0851. The summed E-state index contributed by atoms with van der Waals surface area (Å²) in [5.41, 5.74) is 9.84. The number of fused-ring (bicyclic) bond motifs is 1. The fraction of sp³-hybridized carbons (Fsp3) is 0.278. The van der Waals surface area contributed by atoms with Crippen LogP contribution >= 0.6 is 0 Å². The first-order valence-corrected chi connectivity index (χ1v) is 7.73. The number of hydrazine groups is 1. The van der Waals surface area contributed by atoms with Crippen molar-refractivity contribution in [3.05, 3.63) is 57.9 Å². The number of aryl methyl sites for hydroxylation is 2. The molecule has 1 aliphatic carbocycles. The molecule has 23 heavy (non-hydrogen) atoms. The first-order valence-electron chi connectivity index (χ1n) is 7.73. The van der Waals surface area contributed by atoms with Crippen LogP contribution in [-0.2, 0) is 12.8 Å². The molecule has 4 nitrogen and oxygen atoms in total. The van der Waals surface area contributed by atoms with Crippen molar-refractivity contribution in [1.82, 2.24) is 5.43 Å². The van der Waals surface area contributed by atoms with E-state index in [2.05, 4.69) is 10.5 Å². The van der Waals surface area contributed by atoms with Crippen LogP contribution in [0.1, 0.15) is 34.2 Å². The van der Waals surface area contributed by atoms with E-state index in [1.165, 1.54) is 0 Å². The summed E-state index contributed by atoms with van der Waals surface area (Å²) in [6, 6.07) is 7.48. The van der Waals surface area contributed by atoms with Gasteiger partial charge in [-0.25, -0.2) is 10.2 Å². The van der Waals surface area contributed by atoms with Gasteiger partial charge in [0.15, 0.2) is 5.84 Å². The molecule has 1 aliphatic rings. The van der Waals surface area contributed by atoms with Crippen molar-refractivity contribution in [2.24, 2.45) is 16.8 Å². The fourth-order valence-corrected chi connectivity index (χ4v) is 3.62. The number of nitrogens with one attached hydrogen (secondary N) is 1. The summed E-state index contributed by atoms with van der Waals surface area (Å²) in [5, 5.41) is 3.66. The van der Waals surface area contributed by atoms with Crippen LogP contribution in [0.2, 0.25) is 0 Å². The molecule has 0 fully saturated rings. The molecular formula is C18H21FN4. The Bertz CT molecular complexity index is 773. The number of amidine groups is 1. The van der Waals surface area contributed by atoms with E-state index in [0.29, 0.717) is 5.84 Å². The van der Waals surface area contributed by atoms with Gasteiger partial charge in [0.1, 0.15) is 5.82 Å². The number of hydrogen-bond donors (Lipinski definition) is 3. The molecule has 0 heterocycles. The van der Waals surface area contributed by atoms with Gasteiger partial charge in [-0.05, 0) is 84.7 Å². The molecule has 5 heteroatoms. The second kappa shape index (κ2) is 6.01. The highest BCUT2D eigenvalue weighted by Gasteiger charge is 2.21. The molecule has 2 aromatic carbocycles. The molecule has 0 amide bonds. The Morgan fingerprint density at radius 2 is 1.78 bits per heavy atom. The van der Waals surface area contributed by atoms with Gasteiger partial charge in [-0.15, -0.1) is 0 Å². The van der Waals surface area contributed by atoms with Crippen molar-refractivity contribution in [3.63, 3.8) is 0 Å². The molecule has 0 atom stereocenters. The SMILES string of the molecule is Cc1cc(/C(=N\N)NN)cc(C)c1-c1ccc(F)c2c1CCC2. The van der Waals surface area contributed by atoms with Gasteiger partial charge in [-0.2, -0.15) is 5.10 Å². The van der Waals surface area contributed by atoms with Gasteiger partial charge in [-0.3, -0.25) is 0 Å². The van der Waals surface area contributed by atoms with E-state index in [9.17, 15) is 4.39 Å². The van der Waals surface area contributed by atoms with E-state index < -0.39 is 0 Å². The highest BCUT2D eigenvalue weighted by atomic mass is 19.1. The third-order valence-corrected chi connectivity index (χ3v) is 4.57. The van der Waals surface area contributed by atoms with Gasteiger partial charge in [0, 0.05) is 5.56 Å². The summed E-state index contributed by atoms with van der Waals surface area (Å²) in [7, 11) is 0. The smallest absolute Gasteiger partial charge is 0.166 e. The minimum Gasteiger partial charge on any atom is -0.321 e. The van der Waals surface area contributed by atoms with E-state index in [1.54, 1.807) is 6.07 Å². The summed E-state index contributed by atoms with van der Waals surface area (Å²) >= 11 is 0. The first kappa shape index (κ1) is 15.5. The van der Waals surface area contributed by atoms with Gasteiger partial charge in [0.2, 0.25) is 0 Å². The molecule has 0 bridgehead atoms. The van der Waals surface area contributed by atoms with E-state index in [1.807, 2.05) is 32.0 Å². The number of benzene rings is 2. The average Bonchev–Trinajstić information content (AvgIpc) is 3.00. The second-order valence-electron chi connectivity index (χ2n) is 6.01. The Morgan fingerprint density at radius 3 is 2.39 bits per heavy atom. The topological polar surface area (TPSA) is 76.4 Å². The summed E-state index contributed by atoms with van der Waals surface area (Å²) in [6.07, 6.45) is 2.77. The molecule has 0 radical (unpaired) electrons. The molecule has 3 rings (SSSR count). The summed E-state index contributed by atoms with van der Waals surface area (Å²) in [5.74, 6) is 11.2. The van der Waals surface area contributed by atoms with E-state index in [4.69, 9.17) is 11.7 Å². The number of nitrogens with zero attached hydrogens (tertiary/aromatic N) is 1. The standard InChI is InChI=1S/C18H21FN4/c1-10-8-12(18(22-20)23-21)9-11(2)17(10)15-6-7-16(19)14-5-3-4-13(14)15/h6-9H,3-5,20-21H2,1-2H3,(H,22,23). The highest BCUT2D eigenvalue weighted by molar-refractivity contribution is 5.99. The zero-order chi connectivity index (χ0) is 16.6. The molecule has 0 aliphatic heterocycles. The Hall–Kier alpha value is -2.40. The lowest BCUT2D eigenvalue weighted by Crippen LogP contribution is -2.32. The van der Waals surface area contributed by atoms with Crippen LogP contribution in [0.15, 0.2) is 29.4 Å². The number of rotatable bonds is 2. The molecule has 0 unspecified atom stereocenters. The Labute approximate surface area is 135 Å². The Morgan fingerprint density at radius 1 is 1.13 bits per heavy atom. The largest absolute Gasteiger partial charge is 0.321 e. The van der Waals surface area contributed by atoms with E-state index in [0.717, 1.165) is 58.2 Å². The van der Waals surface area contributed by atoms with Gasteiger partial charge in [0.05, 0.1) is 0 Å². The molecule has 5 N–H and O–H groups in total. The lowest BCUT2D eigenvalue weighted by atomic mass is 9.89. The van der Waals surface area contributed by atoms with Crippen molar-refractivity contribution in [1.29, 1.82) is 0 Å². The van der Waals surface area contributed by atoms with Crippen molar-refractivity contribution >= 4 is 5.84 Å². The molecular weight excluding hydrogens is 291 g/mol. The minimum atomic E-state index is -0.0851. The fourth-order valence-electron chi connectivity index (χ4n) is 3.62. The predicted octanol–water partition coefficient (Wildman–Crippen LogP) is 2.68. The van der Waals surface area contributed by atoms with Gasteiger partial charge in [-0.1, -0.05) is 6.07 Å². The third kappa shape index (κ3) is 2.57. The zero-order valence-corrected chi connectivity index (χ0v) is 13.4. The van der Waals surface area contributed by atoms with Crippen molar-refractivity contribution in [2.75, 3.05) is 0 Å². The van der Waals surface area contributed by atoms with E-state index >= 15 is 0 Å². The quantitative estimate of drug-likeness (QED) is 0.345. The lowest BCUT2D eigenvalue weighted by Gasteiger charge is -2.17. The average molecular weight is 312 g/mol. The van der Waals surface area contributed by atoms with Crippen molar-refractivity contribution in [3.8, 4) is 11.1 Å². The Balaban J connectivity index is 2.18. The highest BCUT2D eigenvalue weighted by Crippen LogP contribution is 2.37. The molecule has 2 aromatic rings. The van der Waals surface area contributed by atoms with Crippen LogP contribution in [0.3, 0.4) is 0 Å². The molecule has 0 aromatic heterocycles. The van der Waals surface area contributed by atoms with Crippen LogP contribution in [0.5, 0.6) is 0 Å². The Kier molecular flexibility index (Phi) is 4.05. The number of hydrogen-bond acceptors (Lipinski definition) is 3. The van der Waals surface area contributed by atoms with Gasteiger partial charge < -0.3 is 11.3 Å². The van der Waals surface area contributed by atoms with Crippen molar-refractivity contribution in [2.45, 2.75) is 33.1 Å². The number of hydrazone groups is 1. The third-order valence-electron chi connectivity index (χ3n) is 4.57. The number of nitrogens with two attached hydrogens (primary N) is 2. The zero-order valence-electron chi connectivity index (χ0n) is 13.4. The van der Waals surface area contributed by atoms with Gasteiger partial charge >= 0.3 is 0 Å². The van der Waals surface area contributed by atoms with Gasteiger partial charge in [0.25, 0.3) is 0 Å². The summed E-state index contributed by atoms with van der Waals surface area (Å²) in [4.78, 5) is 0. The molecule has 120 valence electrons. The molecule has 0 saturated heterocycles. The second-order valence-corrected chi connectivity index (χ2v) is 6.01. The first-order chi connectivity index (χ1) is 11.1. The lowest BCUT2D eigenvalue weighted by molar-refractivity contribution is 0.613. The van der Waals surface area contributed by atoms with Crippen LogP contribution in [0, 0.1) is 19.7 Å². The maximum Gasteiger partial charge on any atom is 0.166 e. The van der Waals surface area contributed by atoms with Crippen LogP contribution < -0.4 is 17.1 Å². The summed E-state index contributed by atoms with van der Waals surface area (Å²) in [6.45, 7) is 4.09. The van der Waals surface area contributed by atoms with Crippen molar-refractivity contribution < 1.29 is 4.39 Å².